The normalized spacial score (nSPS) is 24.6. The summed E-state index contributed by atoms with van der Waals surface area (Å²) in [6, 6.07) is 5.43. The lowest BCUT2D eigenvalue weighted by Crippen LogP contribution is -2.30. The fraction of sp³-hybridized carbons (Fsp3) is 0.625. The maximum atomic E-state index is 12.6. The van der Waals surface area contributed by atoms with Gasteiger partial charge in [-0.2, -0.15) is 0 Å². The molecule has 6 heteroatoms. The van der Waals surface area contributed by atoms with Gasteiger partial charge in [-0.05, 0) is 67.7 Å². The molecule has 1 aromatic rings. The van der Waals surface area contributed by atoms with Gasteiger partial charge >= 0.3 is 0 Å². The molecule has 0 saturated carbocycles. The number of benzene rings is 1. The van der Waals surface area contributed by atoms with E-state index < -0.39 is 19.7 Å². The third-order valence-corrected chi connectivity index (χ3v) is 8.46. The number of hydrogen-bond donors (Lipinski definition) is 0. The van der Waals surface area contributed by atoms with Crippen LogP contribution in [-0.4, -0.2) is 34.1 Å². The van der Waals surface area contributed by atoms with Gasteiger partial charge in [-0.3, -0.25) is 0 Å². The van der Waals surface area contributed by atoms with Crippen molar-refractivity contribution in [2.75, 3.05) is 17.3 Å². The zero-order chi connectivity index (χ0) is 15.8. The van der Waals surface area contributed by atoms with Crippen LogP contribution in [0, 0.1) is 5.92 Å². The summed E-state index contributed by atoms with van der Waals surface area (Å²) in [5, 5.41) is 0. The predicted octanol–water partition coefficient (Wildman–Crippen LogP) is 2.16. The van der Waals surface area contributed by atoms with E-state index in [-0.39, 0.29) is 23.2 Å². The van der Waals surface area contributed by atoms with Crippen molar-refractivity contribution in [1.82, 2.24) is 0 Å². The Morgan fingerprint density at radius 3 is 2.50 bits per heavy atom. The third kappa shape index (κ3) is 3.54. The predicted molar refractivity (Wildman–Crippen MR) is 86.5 cm³/mol. The fourth-order valence-electron chi connectivity index (χ4n) is 3.56. The van der Waals surface area contributed by atoms with Gasteiger partial charge in [0.25, 0.3) is 0 Å². The van der Waals surface area contributed by atoms with Gasteiger partial charge in [0, 0.05) is 0 Å². The molecule has 0 spiro atoms. The fourth-order valence-corrected chi connectivity index (χ4v) is 7.18. The Morgan fingerprint density at radius 2 is 1.77 bits per heavy atom. The summed E-state index contributed by atoms with van der Waals surface area (Å²) >= 11 is 0. The molecule has 0 bridgehead atoms. The Balaban J connectivity index is 1.81. The van der Waals surface area contributed by atoms with Gasteiger partial charge in [0.05, 0.1) is 22.2 Å². The first-order chi connectivity index (χ1) is 10.4. The highest BCUT2D eigenvalue weighted by Gasteiger charge is 2.29. The topological polar surface area (TPSA) is 68.3 Å². The smallest absolute Gasteiger partial charge is 0.178 e. The Kier molecular flexibility index (Phi) is 4.34. The van der Waals surface area contributed by atoms with Crippen LogP contribution in [0.15, 0.2) is 23.1 Å². The molecule has 2 aliphatic rings. The average Bonchev–Trinajstić information content (AvgIpc) is 2.45. The second-order valence-electron chi connectivity index (χ2n) is 6.54. The summed E-state index contributed by atoms with van der Waals surface area (Å²) in [6.07, 6.45) is 5.50. The largest absolute Gasteiger partial charge is 0.229 e. The Morgan fingerprint density at radius 1 is 1.05 bits per heavy atom. The highest BCUT2D eigenvalue weighted by Crippen LogP contribution is 2.27. The number of aryl methyl sites for hydroxylation is 2. The monoisotopic (exact) mass is 342 g/mol. The van der Waals surface area contributed by atoms with Crippen molar-refractivity contribution in [3.8, 4) is 0 Å². The molecule has 122 valence electrons. The third-order valence-electron chi connectivity index (χ3n) is 4.69. The van der Waals surface area contributed by atoms with Crippen LogP contribution in [0.2, 0.25) is 0 Å². The van der Waals surface area contributed by atoms with Crippen molar-refractivity contribution < 1.29 is 16.8 Å². The Bertz CT molecular complexity index is 763. The second kappa shape index (κ2) is 5.96. The van der Waals surface area contributed by atoms with E-state index >= 15 is 0 Å². The zero-order valence-corrected chi connectivity index (χ0v) is 14.3. The van der Waals surface area contributed by atoms with Gasteiger partial charge < -0.3 is 0 Å². The molecule has 1 heterocycles. The molecule has 4 nitrogen and oxygen atoms in total. The average molecular weight is 342 g/mol. The van der Waals surface area contributed by atoms with Crippen LogP contribution in [-0.2, 0) is 32.5 Å². The molecule has 0 amide bonds. The molecule has 1 aliphatic heterocycles. The van der Waals surface area contributed by atoms with Crippen LogP contribution in [0.3, 0.4) is 0 Å². The minimum absolute atomic E-state index is 0.0111. The summed E-state index contributed by atoms with van der Waals surface area (Å²) in [5.74, 6) is -0.107. The summed E-state index contributed by atoms with van der Waals surface area (Å²) in [5.41, 5.74) is 2.40. The minimum Gasteiger partial charge on any atom is -0.229 e. The van der Waals surface area contributed by atoms with Crippen molar-refractivity contribution in [3.05, 3.63) is 29.3 Å². The molecule has 1 atom stereocenters. The number of rotatable bonds is 3. The van der Waals surface area contributed by atoms with Gasteiger partial charge in [0.1, 0.15) is 0 Å². The molecule has 1 aromatic carbocycles. The molecule has 0 N–H and O–H groups in total. The van der Waals surface area contributed by atoms with Crippen LogP contribution < -0.4 is 0 Å². The van der Waals surface area contributed by atoms with E-state index in [1.165, 1.54) is 12.0 Å². The molecule has 0 aromatic heterocycles. The van der Waals surface area contributed by atoms with Gasteiger partial charge in [-0.25, -0.2) is 16.8 Å². The summed E-state index contributed by atoms with van der Waals surface area (Å²) in [7, 11) is -6.47. The summed E-state index contributed by atoms with van der Waals surface area (Å²) < 4.78 is 48.6. The van der Waals surface area contributed by atoms with Crippen LogP contribution in [0.5, 0.6) is 0 Å². The van der Waals surface area contributed by atoms with Crippen molar-refractivity contribution in [2.45, 2.75) is 43.4 Å². The van der Waals surface area contributed by atoms with E-state index in [4.69, 9.17) is 0 Å². The van der Waals surface area contributed by atoms with Gasteiger partial charge in [0.2, 0.25) is 0 Å². The van der Waals surface area contributed by atoms with Crippen LogP contribution >= 0.6 is 0 Å². The van der Waals surface area contributed by atoms with Crippen LogP contribution in [0.4, 0.5) is 0 Å². The lowest BCUT2D eigenvalue weighted by atomic mass is 9.92. The molecule has 1 saturated heterocycles. The SMILES string of the molecule is O=S1(=O)CCCC(CS(=O)(=O)c2ccc3c(c2)CCCC3)C1. The first kappa shape index (κ1) is 16.0. The molecule has 0 radical (unpaired) electrons. The molecule has 1 unspecified atom stereocenters. The number of fused-ring (bicyclic) bond motifs is 1. The van der Waals surface area contributed by atoms with E-state index in [0.717, 1.165) is 24.8 Å². The van der Waals surface area contributed by atoms with Gasteiger partial charge in [0.15, 0.2) is 19.7 Å². The molecule has 1 fully saturated rings. The minimum atomic E-state index is -3.41. The standard InChI is InChI=1S/C16H22O4S2/c17-21(18)9-3-4-13(11-21)12-22(19,20)16-8-7-14-5-1-2-6-15(14)10-16/h7-8,10,13H,1-6,9,11-12H2. The lowest BCUT2D eigenvalue weighted by Gasteiger charge is -2.22. The molecule has 1 aliphatic carbocycles. The van der Waals surface area contributed by atoms with E-state index in [9.17, 15) is 16.8 Å². The van der Waals surface area contributed by atoms with Crippen LogP contribution in [0.25, 0.3) is 0 Å². The van der Waals surface area contributed by atoms with E-state index in [1.54, 1.807) is 12.1 Å². The zero-order valence-electron chi connectivity index (χ0n) is 12.6. The van der Waals surface area contributed by atoms with Gasteiger partial charge in [-0.1, -0.05) is 6.07 Å². The van der Waals surface area contributed by atoms with Crippen LogP contribution in [0.1, 0.15) is 36.8 Å². The van der Waals surface area contributed by atoms with Crippen molar-refractivity contribution in [3.63, 3.8) is 0 Å². The first-order valence-corrected chi connectivity index (χ1v) is 11.4. The lowest BCUT2D eigenvalue weighted by molar-refractivity contribution is 0.508. The second-order valence-corrected chi connectivity index (χ2v) is 10.8. The summed E-state index contributed by atoms with van der Waals surface area (Å²) in [4.78, 5) is 0.358. The van der Waals surface area contributed by atoms with Crippen molar-refractivity contribution in [1.29, 1.82) is 0 Å². The van der Waals surface area contributed by atoms with Crippen molar-refractivity contribution in [2.24, 2.45) is 5.92 Å². The Hall–Kier alpha value is -0.880. The maximum absolute atomic E-state index is 12.6. The van der Waals surface area contributed by atoms with E-state index in [1.807, 2.05) is 6.07 Å². The molecule has 3 rings (SSSR count). The highest BCUT2D eigenvalue weighted by atomic mass is 32.2. The summed E-state index contributed by atoms with van der Waals surface area (Å²) in [6.45, 7) is 0. The maximum Gasteiger partial charge on any atom is 0.178 e. The van der Waals surface area contributed by atoms with Gasteiger partial charge in [-0.15, -0.1) is 0 Å². The Labute approximate surface area is 132 Å². The van der Waals surface area contributed by atoms with E-state index in [0.29, 0.717) is 17.7 Å². The molecular weight excluding hydrogens is 320 g/mol. The highest BCUT2D eigenvalue weighted by molar-refractivity contribution is 7.92. The number of sulfone groups is 2. The number of hydrogen-bond acceptors (Lipinski definition) is 4. The molecular formula is C16H22O4S2. The van der Waals surface area contributed by atoms with Crippen molar-refractivity contribution >= 4 is 19.7 Å². The molecule has 22 heavy (non-hydrogen) atoms. The van der Waals surface area contributed by atoms with E-state index in [2.05, 4.69) is 0 Å². The quantitative estimate of drug-likeness (QED) is 0.844. The first-order valence-electron chi connectivity index (χ1n) is 7.91.